The minimum Gasteiger partial charge on any atom is -0.481 e. The standard InChI is InChI=1S/C8H13NO4S/c1-2-3-6-9-14(12,13)7-4-5-8(10)11/h9H,4-7H2,1H3,(H,10,11). The summed E-state index contributed by atoms with van der Waals surface area (Å²) in [6.07, 6.45) is -0.0232. The molecule has 0 radical (unpaired) electrons. The van der Waals surface area contributed by atoms with E-state index in [4.69, 9.17) is 5.11 Å². The van der Waals surface area contributed by atoms with Crippen molar-refractivity contribution in [2.45, 2.75) is 19.8 Å². The van der Waals surface area contributed by atoms with Gasteiger partial charge in [-0.05, 0) is 13.3 Å². The van der Waals surface area contributed by atoms with Crippen molar-refractivity contribution in [3.63, 3.8) is 0 Å². The van der Waals surface area contributed by atoms with Crippen molar-refractivity contribution < 1.29 is 18.3 Å². The molecule has 80 valence electrons. The summed E-state index contributed by atoms with van der Waals surface area (Å²) >= 11 is 0. The molecule has 0 saturated carbocycles. The zero-order valence-electron chi connectivity index (χ0n) is 7.91. The maximum atomic E-state index is 11.1. The van der Waals surface area contributed by atoms with Crippen LogP contribution in [0.5, 0.6) is 0 Å². The van der Waals surface area contributed by atoms with Gasteiger partial charge >= 0.3 is 5.97 Å². The van der Waals surface area contributed by atoms with E-state index in [0.717, 1.165) is 0 Å². The van der Waals surface area contributed by atoms with Crippen molar-refractivity contribution >= 4 is 16.0 Å². The molecule has 0 aliphatic carbocycles. The number of carbonyl (C=O) groups is 1. The van der Waals surface area contributed by atoms with Crippen LogP contribution in [0.2, 0.25) is 0 Å². The van der Waals surface area contributed by atoms with Crippen molar-refractivity contribution in [1.29, 1.82) is 0 Å². The van der Waals surface area contributed by atoms with Crippen LogP contribution in [0, 0.1) is 11.8 Å². The summed E-state index contributed by atoms with van der Waals surface area (Å²) in [5, 5.41) is 8.29. The Morgan fingerprint density at radius 3 is 2.64 bits per heavy atom. The number of sulfonamides is 1. The van der Waals surface area contributed by atoms with Crippen molar-refractivity contribution in [2.75, 3.05) is 12.3 Å². The molecule has 5 nitrogen and oxygen atoms in total. The Morgan fingerprint density at radius 2 is 2.14 bits per heavy atom. The Morgan fingerprint density at radius 1 is 1.50 bits per heavy atom. The molecule has 2 N–H and O–H groups in total. The van der Waals surface area contributed by atoms with Gasteiger partial charge in [-0.2, -0.15) is 0 Å². The third kappa shape index (κ3) is 7.58. The first-order chi connectivity index (χ1) is 6.48. The molecule has 0 amide bonds. The molecule has 0 aromatic heterocycles. The summed E-state index contributed by atoms with van der Waals surface area (Å²) in [5.74, 6) is 3.92. The van der Waals surface area contributed by atoms with Gasteiger partial charge in [0.15, 0.2) is 0 Å². The molecule has 0 fully saturated rings. The minimum absolute atomic E-state index is 0.0753. The van der Waals surface area contributed by atoms with E-state index in [9.17, 15) is 13.2 Å². The summed E-state index contributed by atoms with van der Waals surface area (Å²) in [5.41, 5.74) is 0. The lowest BCUT2D eigenvalue weighted by Gasteiger charge is -2.01. The maximum absolute atomic E-state index is 11.1. The summed E-state index contributed by atoms with van der Waals surface area (Å²) in [6.45, 7) is 1.69. The van der Waals surface area contributed by atoms with Gasteiger partial charge in [0.2, 0.25) is 10.0 Å². The van der Waals surface area contributed by atoms with Gasteiger partial charge in [0.05, 0.1) is 12.3 Å². The Balaban J connectivity index is 3.82. The average molecular weight is 219 g/mol. The molecule has 0 aromatic rings. The molecule has 0 aliphatic rings. The first kappa shape index (κ1) is 12.9. The van der Waals surface area contributed by atoms with E-state index in [1.165, 1.54) is 0 Å². The smallest absolute Gasteiger partial charge is 0.303 e. The monoisotopic (exact) mass is 219 g/mol. The molecule has 0 rings (SSSR count). The molecule has 6 heteroatoms. The number of aliphatic carboxylic acids is 1. The lowest BCUT2D eigenvalue weighted by atomic mass is 10.3. The Labute approximate surface area is 83.6 Å². The van der Waals surface area contributed by atoms with E-state index < -0.39 is 16.0 Å². The van der Waals surface area contributed by atoms with Gasteiger partial charge in [-0.25, -0.2) is 13.1 Å². The van der Waals surface area contributed by atoms with Crippen LogP contribution in [0.15, 0.2) is 0 Å². The Bertz CT molecular complexity index is 336. The molecule has 0 heterocycles. The molecule has 0 unspecified atom stereocenters. The lowest BCUT2D eigenvalue weighted by molar-refractivity contribution is -0.137. The maximum Gasteiger partial charge on any atom is 0.303 e. The average Bonchev–Trinajstić information content (AvgIpc) is 2.03. The van der Waals surface area contributed by atoms with E-state index in [2.05, 4.69) is 16.6 Å². The van der Waals surface area contributed by atoms with Crippen molar-refractivity contribution in [3.8, 4) is 11.8 Å². The molecule has 0 spiro atoms. The molecule has 0 aliphatic heterocycles. The minimum atomic E-state index is -3.37. The normalized spacial score (nSPS) is 10.4. The van der Waals surface area contributed by atoms with Crippen LogP contribution >= 0.6 is 0 Å². The van der Waals surface area contributed by atoms with Crippen LogP contribution in [-0.2, 0) is 14.8 Å². The highest BCUT2D eigenvalue weighted by Gasteiger charge is 2.09. The van der Waals surface area contributed by atoms with Gasteiger partial charge < -0.3 is 5.11 Å². The van der Waals surface area contributed by atoms with E-state index in [1.54, 1.807) is 6.92 Å². The molecular weight excluding hydrogens is 206 g/mol. The van der Waals surface area contributed by atoms with Crippen molar-refractivity contribution in [1.82, 2.24) is 4.72 Å². The zero-order chi connectivity index (χ0) is 11.0. The number of hydrogen-bond acceptors (Lipinski definition) is 3. The number of carboxylic acids is 1. The zero-order valence-corrected chi connectivity index (χ0v) is 8.73. The highest BCUT2D eigenvalue weighted by molar-refractivity contribution is 7.89. The number of carboxylic acid groups (broad SMARTS) is 1. The predicted octanol–water partition coefficient (Wildman–Crippen LogP) is -0.206. The fraction of sp³-hybridized carbons (Fsp3) is 0.625. The van der Waals surface area contributed by atoms with Crippen LogP contribution in [0.25, 0.3) is 0 Å². The molecule has 14 heavy (non-hydrogen) atoms. The van der Waals surface area contributed by atoms with Gasteiger partial charge in [0, 0.05) is 6.42 Å². The van der Waals surface area contributed by atoms with E-state index in [0.29, 0.717) is 0 Å². The SMILES string of the molecule is CC#CCNS(=O)(=O)CCCC(=O)O. The highest BCUT2D eigenvalue weighted by Crippen LogP contribution is 1.93. The Hall–Kier alpha value is -1.06. The Kier molecular flexibility index (Phi) is 5.92. The molecule has 0 bridgehead atoms. The lowest BCUT2D eigenvalue weighted by Crippen LogP contribution is -2.26. The fourth-order valence-electron chi connectivity index (χ4n) is 0.720. The first-order valence-corrected chi connectivity index (χ1v) is 5.72. The van der Waals surface area contributed by atoms with Crippen LogP contribution in [0.1, 0.15) is 19.8 Å². The largest absolute Gasteiger partial charge is 0.481 e. The highest BCUT2D eigenvalue weighted by atomic mass is 32.2. The van der Waals surface area contributed by atoms with Gasteiger partial charge in [0.1, 0.15) is 0 Å². The second kappa shape index (κ2) is 6.40. The van der Waals surface area contributed by atoms with Crippen molar-refractivity contribution in [2.24, 2.45) is 0 Å². The fourth-order valence-corrected chi connectivity index (χ4v) is 1.68. The third-order valence-corrected chi connectivity index (χ3v) is 2.77. The van der Waals surface area contributed by atoms with Crippen LogP contribution in [0.4, 0.5) is 0 Å². The van der Waals surface area contributed by atoms with Gasteiger partial charge in [-0.1, -0.05) is 5.92 Å². The second-order valence-electron chi connectivity index (χ2n) is 2.56. The number of nitrogens with one attached hydrogen (secondary N) is 1. The second-order valence-corrected chi connectivity index (χ2v) is 4.49. The van der Waals surface area contributed by atoms with Gasteiger partial charge in [-0.3, -0.25) is 4.79 Å². The summed E-state index contributed by atoms with van der Waals surface area (Å²) in [4.78, 5) is 10.1. The quantitative estimate of drug-likeness (QED) is 0.606. The third-order valence-electron chi connectivity index (χ3n) is 1.36. The van der Waals surface area contributed by atoms with Crippen LogP contribution in [-0.4, -0.2) is 31.8 Å². The first-order valence-electron chi connectivity index (χ1n) is 4.06. The molecule has 0 atom stereocenters. The van der Waals surface area contributed by atoms with Crippen LogP contribution in [0.3, 0.4) is 0 Å². The molecule has 0 saturated heterocycles. The van der Waals surface area contributed by atoms with E-state index in [1.807, 2.05) is 0 Å². The van der Waals surface area contributed by atoms with E-state index in [-0.39, 0.29) is 25.1 Å². The topological polar surface area (TPSA) is 83.5 Å². The molecular formula is C8H13NO4S. The van der Waals surface area contributed by atoms with E-state index >= 15 is 0 Å². The summed E-state index contributed by atoms with van der Waals surface area (Å²) < 4.78 is 24.5. The van der Waals surface area contributed by atoms with Crippen molar-refractivity contribution in [3.05, 3.63) is 0 Å². The number of hydrogen-bond donors (Lipinski definition) is 2. The predicted molar refractivity (Wildman–Crippen MR) is 52.1 cm³/mol. The van der Waals surface area contributed by atoms with Crippen LogP contribution < -0.4 is 4.72 Å². The number of rotatable bonds is 6. The van der Waals surface area contributed by atoms with Gasteiger partial charge in [-0.15, -0.1) is 5.92 Å². The van der Waals surface area contributed by atoms with Gasteiger partial charge in [0.25, 0.3) is 0 Å². The molecule has 0 aromatic carbocycles. The summed E-state index contributed by atoms with van der Waals surface area (Å²) in [7, 11) is -3.37. The summed E-state index contributed by atoms with van der Waals surface area (Å²) in [6, 6.07) is 0.